The molecule has 0 saturated carbocycles. The Balaban J connectivity index is 1.51. The molecule has 4 aromatic rings. The Bertz CT molecular complexity index is 1510. The van der Waals surface area contributed by atoms with Crippen molar-refractivity contribution in [2.24, 2.45) is 0 Å². The van der Waals surface area contributed by atoms with Crippen LogP contribution in [0.4, 0.5) is 15.8 Å². The number of aliphatic hydroxyl groups excluding tert-OH is 1. The van der Waals surface area contributed by atoms with Gasteiger partial charge in [-0.1, -0.05) is 23.7 Å². The number of aromatic amines is 1. The van der Waals surface area contributed by atoms with Crippen LogP contribution >= 0.6 is 11.6 Å². The van der Waals surface area contributed by atoms with E-state index in [-0.39, 0.29) is 34.8 Å². The van der Waals surface area contributed by atoms with E-state index in [0.717, 1.165) is 0 Å². The highest BCUT2D eigenvalue weighted by Crippen LogP contribution is 2.42. The van der Waals surface area contributed by atoms with Gasteiger partial charge in [-0.05, 0) is 31.2 Å². The van der Waals surface area contributed by atoms with E-state index in [4.69, 9.17) is 25.8 Å². The number of hydrogen-bond donors (Lipinski definition) is 4. The fourth-order valence-corrected chi connectivity index (χ4v) is 4.64. The van der Waals surface area contributed by atoms with Gasteiger partial charge in [-0.2, -0.15) is 0 Å². The fraction of sp³-hybridized carbons (Fsp3) is 0.231. The minimum absolute atomic E-state index is 0.0732. The first-order valence-electron chi connectivity index (χ1n) is 11.3. The molecule has 0 radical (unpaired) electrons. The number of rotatable bonds is 7. The molecule has 0 fully saturated rings. The Hall–Kier alpha value is -3.86. The topological polar surface area (TPSA) is 118 Å². The van der Waals surface area contributed by atoms with E-state index in [2.05, 4.69) is 20.6 Å². The van der Waals surface area contributed by atoms with E-state index in [1.807, 2.05) is 0 Å². The summed E-state index contributed by atoms with van der Waals surface area (Å²) in [6.07, 6.45) is 2.02. The van der Waals surface area contributed by atoms with E-state index in [1.54, 1.807) is 31.3 Å². The number of anilines is 2. The maximum absolute atomic E-state index is 14.3. The summed E-state index contributed by atoms with van der Waals surface area (Å²) in [4.78, 5) is 20.1. The van der Waals surface area contributed by atoms with Crippen molar-refractivity contribution in [1.82, 2.24) is 9.97 Å². The number of benzene rings is 2. The zero-order valence-electron chi connectivity index (χ0n) is 20.2. The van der Waals surface area contributed by atoms with E-state index in [1.165, 1.54) is 38.6 Å². The highest BCUT2D eigenvalue weighted by molar-refractivity contribution is 6.31. The van der Waals surface area contributed by atoms with Crippen molar-refractivity contribution in [2.45, 2.75) is 18.6 Å². The number of aliphatic hydroxyl groups is 1. The summed E-state index contributed by atoms with van der Waals surface area (Å²) >= 11 is 6.54. The minimum atomic E-state index is -1.15. The van der Waals surface area contributed by atoms with Gasteiger partial charge >= 0.3 is 0 Å². The van der Waals surface area contributed by atoms with Crippen LogP contribution in [-0.2, 0) is 9.53 Å². The third-order valence-corrected chi connectivity index (χ3v) is 6.57. The monoisotopic (exact) mass is 526 g/mol. The maximum Gasteiger partial charge on any atom is 0.252 e. The zero-order valence-corrected chi connectivity index (χ0v) is 20.9. The van der Waals surface area contributed by atoms with Crippen LogP contribution in [-0.4, -0.2) is 47.3 Å². The molecule has 1 unspecified atom stereocenters. The van der Waals surface area contributed by atoms with Crippen LogP contribution in [0.3, 0.4) is 0 Å². The number of hydrogen-bond acceptors (Lipinski definition) is 7. The highest BCUT2D eigenvalue weighted by Gasteiger charge is 2.39. The molecule has 5 rings (SSSR count). The van der Waals surface area contributed by atoms with Gasteiger partial charge < -0.3 is 34.9 Å². The molecule has 11 heteroatoms. The standard InChI is InChI=1S/C26H24ClFN4O5/c1-26(12-35-2)25(34)31-18-11-30-24-20(21(18)32-26)15(10-29-24)22(33)14-8-7-13(9-16(14)27)37-23-17(28)5-4-6-19(23)36-3/h4-11,22,32-33H,12H2,1-3H3,(H,29,30)(H,31,34)/t22?,26-/m0/s1. The number of carbonyl (C=O) groups is 1. The summed E-state index contributed by atoms with van der Waals surface area (Å²) < 4.78 is 30.4. The lowest BCUT2D eigenvalue weighted by Crippen LogP contribution is -2.53. The molecule has 2 atom stereocenters. The summed E-state index contributed by atoms with van der Waals surface area (Å²) in [5, 5.41) is 18.3. The summed E-state index contributed by atoms with van der Waals surface area (Å²) in [6.45, 7) is 1.86. The number of nitrogens with one attached hydrogen (secondary N) is 3. The van der Waals surface area contributed by atoms with Crippen molar-refractivity contribution in [2.75, 3.05) is 31.5 Å². The second kappa shape index (κ2) is 9.55. The van der Waals surface area contributed by atoms with Crippen molar-refractivity contribution in [3.8, 4) is 17.2 Å². The molecular weight excluding hydrogens is 503 g/mol. The molecule has 37 heavy (non-hydrogen) atoms. The van der Waals surface area contributed by atoms with Crippen LogP contribution in [0, 0.1) is 5.82 Å². The van der Waals surface area contributed by atoms with E-state index in [9.17, 15) is 14.3 Å². The highest BCUT2D eigenvalue weighted by atomic mass is 35.5. The molecule has 9 nitrogen and oxygen atoms in total. The average Bonchev–Trinajstić information content (AvgIpc) is 3.31. The van der Waals surface area contributed by atoms with Gasteiger partial charge in [0, 0.05) is 24.4 Å². The molecule has 0 saturated heterocycles. The van der Waals surface area contributed by atoms with E-state index < -0.39 is 17.5 Å². The number of halogens is 2. The molecule has 1 amide bonds. The fourth-order valence-electron chi connectivity index (χ4n) is 4.37. The molecular formula is C26H24ClFN4O5. The first-order chi connectivity index (χ1) is 17.8. The number of nitrogens with zero attached hydrogens (tertiary/aromatic N) is 1. The number of pyridine rings is 1. The summed E-state index contributed by atoms with van der Waals surface area (Å²) in [7, 11) is 2.93. The van der Waals surface area contributed by atoms with Crippen molar-refractivity contribution >= 4 is 39.9 Å². The third kappa shape index (κ3) is 4.33. The van der Waals surface area contributed by atoms with Gasteiger partial charge in [-0.3, -0.25) is 4.79 Å². The molecule has 0 spiro atoms. The van der Waals surface area contributed by atoms with Crippen molar-refractivity contribution < 1.29 is 28.5 Å². The van der Waals surface area contributed by atoms with Crippen molar-refractivity contribution in [1.29, 1.82) is 0 Å². The van der Waals surface area contributed by atoms with Crippen molar-refractivity contribution in [3.05, 3.63) is 70.8 Å². The molecule has 0 bridgehead atoms. The van der Waals surface area contributed by atoms with E-state index in [0.29, 0.717) is 33.5 Å². The lowest BCUT2D eigenvalue weighted by molar-refractivity contribution is -0.121. The van der Waals surface area contributed by atoms with Gasteiger partial charge in [0.2, 0.25) is 5.75 Å². The first kappa shape index (κ1) is 24.8. The molecule has 192 valence electrons. The Labute approximate surface area is 216 Å². The van der Waals surface area contributed by atoms with Crippen LogP contribution in [0.15, 0.2) is 48.8 Å². The average molecular weight is 527 g/mol. The quantitative estimate of drug-likeness (QED) is 0.267. The Morgan fingerprint density at radius 2 is 2.03 bits per heavy atom. The molecule has 1 aliphatic rings. The van der Waals surface area contributed by atoms with Crippen LogP contribution in [0.5, 0.6) is 17.2 Å². The third-order valence-electron chi connectivity index (χ3n) is 6.25. The lowest BCUT2D eigenvalue weighted by atomic mass is 9.95. The van der Waals surface area contributed by atoms with Crippen LogP contribution in [0.25, 0.3) is 11.0 Å². The number of H-pyrrole nitrogens is 1. The molecule has 1 aliphatic heterocycles. The predicted molar refractivity (Wildman–Crippen MR) is 137 cm³/mol. The van der Waals surface area contributed by atoms with E-state index >= 15 is 0 Å². The number of ether oxygens (including phenoxy) is 3. The van der Waals surface area contributed by atoms with Crippen LogP contribution < -0.4 is 20.1 Å². The zero-order chi connectivity index (χ0) is 26.3. The molecule has 4 N–H and O–H groups in total. The normalized spacial score (nSPS) is 17.6. The Morgan fingerprint density at radius 3 is 2.76 bits per heavy atom. The number of aromatic nitrogens is 2. The number of fused-ring (bicyclic) bond motifs is 3. The lowest BCUT2D eigenvalue weighted by Gasteiger charge is -2.35. The Kier molecular flexibility index (Phi) is 6.40. The SMILES string of the molecule is COC[C@]1(C)Nc2c(cnc3[nH]cc(C(O)c4ccc(Oc5c(F)cccc5OC)cc4Cl)c23)NC1=O. The second-order valence-corrected chi connectivity index (χ2v) is 9.23. The van der Waals surface area contributed by atoms with Gasteiger partial charge in [0.05, 0.1) is 41.7 Å². The molecule has 2 aromatic heterocycles. The smallest absolute Gasteiger partial charge is 0.252 e. The first-order valence-corrected chi connectivity index (χ1v) is 11.7. The van der Waals surface area contributed by atoms with Gasteiger partial charge in [-0.15, -0.1) is 0 Å². The molecule has 3 heterocycles. The summed E-state index contributed by atoms with van der Waals surface area (Å²) in [5.74, 6) is -0.421. The summed E-state index contributed by atoms with van der Waals surface area (Å²) in [6, 6.07) is 9.02. The van der Waals surface area contributed by atoms with Crippen LogP contribution in [0.2, 0.25) is 5.02 Å². The predicted octanol–water partition coefficient (Wildman–Crippen LogP) is 5.01. The number of amides is 1. The number of carbonyl (C=O) groups excluding carboxylic acids is 1. The minimum Gasteiger partial charge on any atom is -0.493 e. The molecule has 0 aliphatic carbocycles. The molecule has 2 aromatic carbocycles. The Morgan fingerprint density at radius 1 is 1.22 bits per heavy atom. The van der Waals surface area contributed by atoms with Gasteiger partial charge in [0.1, 0.15) is 23.0 Å². The maximum atomic E-state index is 14.3. The van der Waals surface area contributed by atoms with Gasteiger partial charge in [0.25, 0.3) is 5.91 Å². The number of methoxy groups -OCH3 is 2. The largest absolute Gasteiger partial charge is 0.493 e. The second-order valence-electron chi connectivity index (χ2n) is 8.82. The summed E-state index contributed by atoms with van der Waals surface area (Å²) in [5.41, 5.74) is 1.45. The van der Waals surface area contributed by atoms with Gasteiger partial charge in [0.15, 0.2) is 11.6 Å². The van der Waals surface area contributed by atoms with Gasteiger partial charge in [-0.25, -0.2) is 9.37 Å². The van der Waals surface area contributed by atoms with Crippen molar-refractivity contribution in [3.63, 3.8) is 0 Å². The number of para-hydroxylation sites is 1. The van der Waals surface area contributed by atoms with Crippen LogP contribution in [0.1, 0.15) is 24.2 Å².